The fourth-order valence-electron chi connectivity index (χ4n) is 1.05. The van der Waals surface area contributed by atoms with Gasteiger partial charge in [-0.2, -0.15) is 0 Å². The summed E-state index contributed by atoms with van der Waals surface area (Å²) in [5.74, 6) is 1.73. The van der Waals surface area contributed by atoms with Gasteiger partial charge < -0.3 is 0 Å². The van der Waals surface area contributed by atoms with Crippen molar-refractivity contribution < 1.29 is 0 Å². The fourth-order valence-corrected chi connectivity index (χ4v) is 1.05. The molecule has 0 nitrogen and oxygen atoms in total. The zero-order chi connectivity index (χ0) is 8.69. The second-order valence-electron chi connectivity index (χ2n) is 4.23. The minimum atomic E-state index is 0.866. The van der Waals surface area contributed by atoms with Gasteiger partial charge in [0.1, 0.15) is 0 Å². The summed E-state index contributed by atoms with van der Waals surface area (Å²) >= 11 is 0. The third-order valence-electron chi connectivity index (χ3n) is 1.90. The highest BCUT2D eigenvalue weighted by atomic mass is 14.0. The smallest absolute Gasteiger partial charge is 0.0386 e. The lowest BCUT2D eigenvalue weighted by Gasteiger charge is -2.05. The molecule has 0 aromatic rings. The van der Waals surface area contributed by atoms with Crippen LogP contribution in [0.1, 0.15) is 53.4 Å². The summed E-state index contributed by atoms with van der Waals surface area (Å²) in [5, 5.41) is 0. The van der Waals surface area contributed by atoms with Crippen LogP contribution in [-0.2, 0) is 0 Å². The van der Waals surface area contributed by atoms with Crippen LogP contribution in [0.3, 0.4) is 0 Å². The molecule has 0 spiro atoms. The maximum atomic E-state index is 2.44. The topological polar surface area (TPSA) is 0 Å². The predicted molar refractivity (Wildman–Crippen MR) is 52.4 cm³/mol. The van der Waals surface area contributed by atoms with Crippen molar-refractivity contribution in [3.63, 3.8) is 0 Å². The van der Waals surface area contributed by atoms with Gasteiger partial charge >= 0.3 is 0 Å². The Hall–Kier alpha value is 0. The van der Waals surface area contributed by atoms with Gasteiger partial charge in [-0.25, -0.2) is 0 Å². The molecule has 67 valence electrons. The van der Waals surface area contributed by atoms with Crippen molar-refractivity contribution in [2.45, 2.75) is 53.4 Å². The van der Waals surface area contributed by atoms with Gasteiger partial charge in [0, 0.05) is 0 Å². The molecule has 0 heteroatoms. The normalized spacial score (nSPS) is 11.5. The molecular weight excluding hydrogens is 132 g/mol. The highest BCUT2D eigenvalue weighted by Gasteiger charge is 1.96. The van der Waals surface area contributed by atoms with Gasteiger partial charge in [-0.15, -0.1) is 0 Å². The molecule has 1 radical (unpaired) electrons. The molecule has 0 rings (SSSR count). The summed E-state index contributed by atoms with van der Waals surface area (Å²) in [6, 6.07) is 0. The van der Waals surface area contributed by atoms with E-state index in [4.69, 9.17) is 0 Å². The maximum absolute atomic E-state index is 2.44. The summed E-state index contributed by atoms with van der Waals surface area (Å²) in [4.78, 5) is 0. The molecule has 0 saturated carbocycles. The van der Waals surface area contributed by atoms with Crippen LogP contribution in [-0.4, -0.2) is 0 Å². The predicted octanol–water partition coefficient (Wildman–Crippen LogP) is 4.06. The standard InChI is InChI=1S/C11H23/c1-10(2)8-6-5-7-9-11(3)4/h5,10-11H,6-9H2,1-4H3. The van der Waals surface area contributed by atoms with Crippen molar-refractivity contribution in [1.82, 2.24) is 0 Å². The maximum Gasteiger partial charge on any atom is -0.0386 e. The zero-order valence-corrected chi connectivity index (χ0v) is 8.56. The van der Waals surface area contributed by atoms with E-state index in [2.05, 4.69) is 34.1 Å². The second kappa shape index (κ2) is 6.69. The van der Waals surface area contributed by atoms with Gasteiger partial charge in [0.05, 0.1) is 0 Å². The molecule has 0 aliphatic carbocycles. The number of rotatable bonds is 6. The molecule has 0 N–H and O–H groups in total. The van der Waals surface area contributed by atoms with Crippen molar-refractivity contribution in [3.8, 4) is 0 Å². The monoisotopic (exact) mass is 155 g/mol. The van der Waals surface area contributed by atoms with E-state index in [-0.39, 0.29) is 0 Å². The molecule has 0 unspecified atom stereocenters. The largest absolute Gasteiger partial charge is 0.0628 e. The summed E-state index contributed by atoms with van der Waals surface area (Å²) in [7, 11) is 0. The Morgan fingerprint density at radius 1 is 0.818 bits per heavy atom. The Balaban J connectivity index is 2.91. The van der Waals surface area contributed by atoms with Crippen molar-refractivity contribution >= 4 is 0 Å². The Labute approximate surface area is 72.4 Å². The molecule has 0 aliphatic rings. The van der Waals surface area contributed by atoms with E-state index in [9.17, 15) is 0 Å². The average molecular weight is 155 g/mol. The lowest BCUT2D eigenvalue weighted by atomic mass is 10.0. The van der Waals surface area contributed by atoms with E-state index in [1.54, 1.807) is 0 Å². The number of hydrogen-bond donors (Lipinski definition) is 0. The minimum Gasteiger partial charge on any atom is -0.0628 e. The second-order valence-corrected chi connectivity index (χ2v) is 4.23. The average Bonchev–Trinajstić information content (AvgIpc) is 1.85. The van der Waals surface area contributed by atoms with Crippen LogP contribution in [0.4, 0.5) is 0 Å². The van der Waals surface area contributed by atoms with Gasteiger partial charge in [0.25, 0.3) is 0 Å². The minimum absolute atomic E-state index is 0.866. The van der Waals surface area contributed by atoms with Crippen LogP contribution in [0.5, 0.6) is 0 Å². The Morgan fingerprint density at radius 2 is 1.18 bits per heavy atom. The molecule has 0 saturated heterocycles. The highest BCUT2D eigenvalue weighted by Crippen LogP contribution is 2.11. The molecule has 0 fully saturated rings. The van der Waals surface area contributed by atoms with Crippen LogP contribution in [0.2, 0.25) is 0 Å². The first-order valence-corrected chi connectivity index (χ1v) is 4.94. The fraction of sp³-hybridized carbons (Fsp3) is 0.909. The summed E-state index contributed by atoms with van der Waals surface area (Å²) < 4.78 is 0. The third kappa shape index (κ3) is 10.0. The zero-order valence-electron chi connectivity index (χ0n) is 8.56. The van der Waals surface area contributed by atoms with E-state index in [1.807, 2.05) is 0 Å². The summed E-state index contributed by atoms with van der Waals surface area (Å²) in [6.07, 6.45) is 7.78. The van der Waals surface area contributed by atoms with Crippen LogP contribution in [0, 0.1) is 18.3 Å². The molecule has 0 atom stereocenters. The van der Waals surface area contributed by atoms with Gasteiger partial charge in [-0.1, -0.05) is 40.5 Å². The molecule has 0 aliphatic heterocycles. The lowest BCUT2D eigenvalue weighted by molar-refractivity contribution is 0.541. The Kier molecular flexibility index (Phi) is 6.69. The molecular formula is C11H23. The summed E-state index contributed by atoms with van der Waals surface area (Å²) in [6.45, 7) is 9.15. The Bertz CT molecular complexity index is 62.1. The number of unbranched alkanes of at least 4 members (excludes halogenated alkanes) is 2. The van der Waals surface area contributed by atoms with E-state index >= 15 is 0 Å². The van der Waals surface area contributed by atoms with E-state index in [1.165, 1.54) is 25.7 Å². The van der Waals surface area contributed by atoms with Crippen LogP contribution < -0.4 is 0 Å². The van der Waals surface area contributed by atoms with Gasteiger partial charge in [0.2, 0.25) is 0 Å². The SMILES string of the molecule is CC(C)CC[CH]CCC(C)C. The molecule has 0 bridgehead atoms. The molecule has 0 aromatic carbocycles. The number of hydrogen-bond acceptors (Lipinski definition) is 0. The van der Waals surface area contributed by atoms with Crippen LogP contribution >= 0.6 is 0 Å². The molecule has 0 amide bonds. The van der Waals surface area contributed by atoms with Crippen LogP contribution in [0.15, 0.2) is 0 Å². The van der Waals surface area contributed by atoms with Crippen molar-refractivity contribution in [2.75, 3.05) is 0 Å². The quantitative estimate of drug-likeness (QED) is 0.507. The van der Waals surface area contributed by atoms with Gasteiger partial charge in [-0.3, -0.25) is 0 Å². The first-order chi connectivity index (χ1) is 5.13. The molecule has 0 aromatic heterocycles. The van der Waals surface area contributed by atoms with Crippen molar-refractivity contribution in [1.29, 1.82) is 0 Å². The van der Waals surface area contributed by atoms with E-state index < -0.39 is 0 Å². The highest BCUT2D eigenvalue weighted by molar-refractivity contribution is 4.66. The molecule has 11 heavy (non-hydrogen) atoms. The van der Waals surface area contributed by atoms with Gasteiger partial charge in [0.15, 0.2) is 0 Å². The van der Waals surface area contributed by atoms with E-state index in [0.717, 1.165) is 11.8 Å². The van der Waals surface area contributed by atoms with E-state index in [0.29, 0.717) is 0 Å². The first kappa shape index (κ1) is 11.0. The Morgan fingerprint density at radius 3 is 1.45 bits per heavy atom. The van der Waals surface area contributed by atoms with Crippen molar-refractivity contribution in [2.24, 2.45) is 11.8 Å². The lowest BCUT2D eigenvalue weighted by Crippen LogP contribution is -1.90. The first-order valence-electron chi connectivity index (χ1n) is 4.94. The molecule has 0 heterocycles. The van der Waals surface area contributed by atoms with Crippen LogP contribution in [0.25, 0.3) is 0 Å². The summed E-state index contributed by atoms with van der Waals surface area (Å²) in [5.41, 5.74) is 0. The van der Waals surface area contributed by atoms with Crippen molar-refractivity contribution in [3.05, 3.63) is 6.42 Å². The third-order valence-corrected chi connectivity index (χ3v) is 1.90. The van der Waals surface area contributed by atoms with Gasteiger partial charge in [-0.05, 0) is 31.1 Å².